The molecule has 1 unspecified atom stereocenters. The molecule has 2 rings (SSSR count). The van der Waals surface area contributed by atoms with Gasteiger partial charge in [-0.2, -0.15) is 5.10 Å². The maximum Gasteiger partial charge on any atom is 0.123 e. The fourth-order valence-corrected chi connectivity index (χ4v) is 2.72. The molecule has 2 N–H and O–H groups in total. The number of hydrogen-bond donors (Lipinski definition) is 1. The number of benzene rings is 1. The first-order chi connectivity index (χ1) is 9.54. The third-order valence-electron chi connectivity index (χ3n) is 3.20. The first-order valence-electron chi connectivity index (χ1n) is 6.26. The minimum absolute atomic E-state index is 0.259. The van der Waals surface area contributed by atoms with Gasteiger partial charge in [-0.25, -0.2) is 4.39 Å². The molecular formula is C14H17BrFN3O. The summed E-state index contributed by atoms with van der Waals surface area (Å²) in [5, 5.41) is 4.28. The average Bonchev–Trinajstić information content (AvgIpc) is 2.77. The van der Waals surface area contributed by atoms with E-state index in [2.05, 4.69) is 21.0 Å². The Kier molecular flexibility index (Phi) is 4.91. The van der Waals surface area contributed by atoms with Crippen LogP contribution >= 0.6 is 15.9 Å². The van der Waals surface area contributed by atoms with Crippen molar-refractivity contribution in [1.29, 1.82) is 0 Å². The van der Waals surface area contributed by atoms with E-state index in [4.69, 9.17) is 10.5 Å². The number of aromatic nitrogens is 2. The Bertz CT molecular complexity index is 600. The zero-order chi connectivity index (χ0) is 14.7. The number of methoxy groups -OCH3 is 1. The second-order valence-corrected chi connectivity index (χ2v) is 5.43. The molecule has 0 saturated carbocycles. The summed E-state index contributed by atoms with van der Waals surface area (Å²) in [6.45, 7) is 3.02. The fourth-order valence-electron chi connectivity index (χ4n) is 2.17. The van der Waals surface area contributed by atoms with Gasteiger partial charge in [0.1, 0.15) is 5.82 Å². The van der Waals surface area contributed by atoms with Crippen molar-refractivity contribution in [3.8, 4) is 0 Å². The maximum atomic E-state index is 13.2. The first-order valence-corrected chi connectivity index (χ1v) is 7.05. The number of aryl methyl sites for hydroxylation is 1. The third-order valence-corrected chi connectivity index (χ3v) is 3.81. The lowest BCUT2D eigenvalue weighted by atomic mass is 9.99. The summed E-state index contributed by atoms with van der Waals surface area (Å²) in [5.74, 6) is -0.259. The summed E-state index contributed by atoms with van der Waals surface area (Å²) in [6, 6.07) is 4.25. The highest BCUT2D eigenvalue weighted by Gasteiger charge is 2.20. The fraction of sp³-hybridized carbons (Fsp3) is 0.357. The van der Waals surface area contributed by atoms with E-state index in [1.165, 1.54) is 12.1 Å². The molecule has 1 aromatic carbocycles. The lowest BCUT2D eigenvalue weighted by Gasteiger charge is -2.17. The highest BCUT2D eigenvalue weighted by Crippen LogP contribution is 2.28. The molecule has 108 valence electrons. The Hall–Kier alpha value is -1.24. The molecule has 0 aliphatic carbocycles. The lowest BCUT2D eigenvalue weighted by molar-refractivity contribution is 0.182. The van der Waals surface area contributed by atoms with Gasteiger partial charge in [0.15, 0.2) is 0 Å². The van der Waals surface area contributed by atoms with E-state index in [1.54, 1.807) is 24.1 Å². The van der Waals surface area contributed by atoms with Gasteiger partial charge in [0.05, 0.1) is 35.6 Å². The molecule has 1 aromatic heterocycles. The van der Waals surface area contributed by atoms with E-state index >= 15 is 0 Å². The van der Waals surface area contributed by atoms with Crippen molar-refractivity contribution in [2.45, 2.75) is 19.5 Å². The van der Waals surface area contributed by atoms with Crippen molar-refractivity contribution in [2.24, 2.45) is 5.73 Å². The standard InChI is InChI=1S/C14H17BrFN3O/c1-9-7-10(16)3-4-11(9)13(17)14-12(15)8-18-19(14)5-6-20-2/h3-4,7-8,13H,5-6,17H2,1-2H3. The van der Waals surface area contributed by atoms with Crippen LogP contribution in [0.25, 0.3) is 0 Å². The van der Waals surface area contributed by atoms with Gasteiger partial charge in [0, 0.05) is 7.11 Å². The number of nitrogens with zero attached hydrogens (tertiary/aromatic N) is 2. The SMILES string of the molecule is COCCn1ncc(Br)c1C(N)c1ccc(F)cc1C. The topological polar surface area (TPSA) is 53.1 Å². The molecule has 0 aliphatic heterocycles. The summed E-state index contributed by atoms with van der Waals surface area (Å²) in [5.41, 5.74) is 8.89. The van der Waals surface area contributed by atoms with Gasteiger partial charge in [-0.15, -0.1) is 0 Å². The molecule has 6 heteroatoms. The van der Waals surface area contributed by atoms with Gasteiger partial charge in [-0.1, -0.05) is 6.07 Å². The maximum absolute atomic E-state index is 13.2. The van der Waals surface area contributed by atoms with Gasteiger partial charge in [0.2, 0.25) is 0 Å². The first kappa shape index (κ1) is 15.2. The molecule has 0 aliphatic rings. The zero-order valence-corrected chi connectivity index (χ0v) is 13.0. The number of hydrogen-bond acceptors (Lipinski definition) is 3. The molecule has 4 nitrogen and oxygen atoms in total. The number of rotatable bonds is 5. The highest BCUT2D eigenvalue weighted by molar-refractivity contribution is 9.10. The predicted octanol–water partition coefficient (Wildman–Crippen LogP) is 2.79. The summed E-state index contributed by atoms with van der Waals surface area (Å²) < 4.78 is 20.9. The quantitative estimate of drug-likeness (QED) is 0.909. The smallest absolute Gasteiger partial charge is 0.123 e. The second-order valence-electron chi connectivity index (χ2n) is 4.57. The van der Waals surface area contributed by atoms with E-state index in [9.17, 15) is 4.39 Å². The van der Waals surface area contributed by atoms with Crippen molar-refractivity contribution in [2.75, 3.05) is 13.7 Å². The Balaban J connectivity index is 2.37. The number of ether oxygens (including phenoxy) is 1. The highest BCUT2D eigenvalue weighted by atomic mass is 79.9. The van der Waals surface area contributed by atoms with Crippen molar-refractivity contribution in [1.82, 2.24) is 9.78 Å². The molecule has 0 saturated heterocycles. The summed E-state index contributed by atoms with van der Waals surface area (Å²) in [4.78, 5) is 0. The molecule has 20 heavy (non-hydrogen) atoms. The van der Waals surface area contributed by atoms with Crippen LogP contribution < -0.4 is 5.73 Å². The van der Waals surface area contributed by atoms with E-state index in [-0.39, 0.29) is 11.9 Å². The Morgan fingerprint density at radius 2 is 2.25 bits per heavy atom. The molecule has 1 heterocycles. The normalized spacial score (nSPS) is 12.7. The minimum Gasteiger partial charge on any atom is -0.383 e. The molecule has 0 spiro atoms. The number of halogens is 2. The van der Waals surface area contributed by atoms with Crippen molar-refractivity contribution in [3.63, 3.8) is 0 Å². The van der Waals surface area contributed by atoms with E-state index in [0.717, 1.165) is 21.3 Å². The van der Waals surface area contributed by atoms with Crippen LogP contribution in [0.3, 0.4) is 0 Å². The van der Waals surface area contributed by atoms with E-state index < -0.39 is 0 Å². The average molecular weight is 342 g/mol. The zero-order valence-electron chi connectivity index (χ0n) is 11.4. The summed E-state index contributed by atoms with van der Waals surface area (Å²) >= 11 is 3.47. The van der Waals surface area contributed by atoms with Crippen molar-refractivity contribution >= 4 is 15.9 Å². The van der Waals surface area contributed by atoms with Gasteiger partial charge in [-0.3, -0.25) is 4.68 Å². The molecule has 0 bridgehead atoms. The van der Waals surface area contributed by atoms with Crippen LogP contribution in [0.5, 0.6) is 0 Å². The summed E-state index contributed by atoms with van der Waals surface area (Å²) in [7, 11) is 1.64. The Morgan fingerprint density at radius 1 is 1.50 bits per heavy atom. The van der Waals surface area contributed by atoms with Crippen molar-refractivity contribution in [3.05, 3.63) is 51.5 Å². The molecule has 0 radical (unpaired) electrons. The molecule has 0 amide bonds. The van der Waals surface area contributed by atoms with Crippen molar-refractivity contribution < 1.29 is 9.13 Å². The van der Waals surface area contributed by atoms with Crippen LogP contribution in [0.15, 0.2) is 28.9 Å². The van der Waals surface area contributed by atoms with Gasteiger partial charge < -0.3 is 10.5 Å². The van der Waals surface area contributed by atoms with Gasteiger partial charge in [0.25, 0.3) is 0 Å². The van der Waals surface area contributed by atoms with E-state index in [0.29, 0.717) is 13.2 Å². The molecule has 1 atom stereocenters. The monoisotopic (exact) mass is 341 g/mol. The second kappa shape index (κ2) is 6.47. The van der Waals surface area contributed by atoms with Crippen LogP contribution in [-0.4, -0.2) is 23.5 Å². The Morgan fingerprint density at radius 3 is 2.90 bits per heavy atom. The van der Waals surface area contributed by atoms with E-state index in [1.807, 2.05) is 6.92 Å². The summed E-state index contributed by atoms with van der Waals surface area (Å²) in [6.07, 6.45) is 1.71. The number of nitrogens with two attached hydrogens (primary N) is 1. The van der Waals surface area contributed by atoms with Gasteiger partial charge >= 0.3 is 0 Å². The Labute approximate surface area is 125 Å². The van der Waals surface area contributed by atoms with Crippen LogP contribution in [0.1, 0.15) is 22.9 Å². The lowest BCUT2D eigenvalue weighted by Crippen LogP contribution is -2.20. The molecule has 0 fully saturated rings. The van der Waals surface area contributed by atoms with Crippen LogP contribution in [-0.2, 0) is 11.3 Å². The van der Waals surface area contributed by atoms with Gasteiger partial charge in [-0.05, 0) is 46.1 Å². The van der Waals surface area contributed by atoms with Crippen LogP contribution in [0.4, 0.5) is 4.39 Å². The largest absolute Gasteiger partial charge is 0.383 e. The predicted molar refractivity (Wildman–Crippen MR) is 79.0 cm³/mol. The van der Waals surface area contributed by atoms with Crippen LogP contribution in [0, 0.1) is 12.7 Å². The van der Waals surface area contributed by atoms with Crippen LogP contribution in [0.2, 0.25) is 0 Å². The third kappa shape index (κ3) is 3.08. The molecular weight excluding hydrogens is 325 g/mol. The molecule has 2 aromatic rings. The minimum atomic E-state index is -0.371.